The fourth-order valence-corrected chi connectivity index (χ4v) is 4.80. The Morgan fingerprint density at radius 2 is 1.69 bits per heavy atom. The van der Waals surface area contributed by atoms with Gasteiger partial charge in [0.2, 0.25) is 5.91 Å². The lowest BCUT2D eigenvalue weighted by molar-refractivity contribution is -0.119. The maximum Gasteiger partial charge on any atom is 0.262 e. The van der Waals surface area contributed by atoms with E-state index >= 15 is 0 Å². The molecule has 0 spiro atoms. The van der Waals surface area contributed by atoms with Crippen molar-refractivity contribution in [2.75, 3.05) is 17.1 Å². The average Bonchev–Trinajstić information content (AvgIpc) is 2.76. The number of methoxy groups -OCH3 is 1. The lowest BCUT2D eigenvalue weighted by Crippen LogP contribution is -2.27. The van der Waals surface area contributed by atoms with Crippen molar-refractivity contribution in [2.24, 2.45) is 0 Å². The van der Waals surface area contributed by atoms with Gasteiger partial charge < -0.3 is 10.1 Å². The Morgan fingerprint density at radius 1 is 1.08 bits per heavy atom. The minimum Gasteiger partial charge on any atom is -0.497 e. The van der Waals surface area contributed by atoms with Gasteiger partial charge in [-0.05, 0) is 74.7 Å². The van der Waals surface area contributed by atoms with Gasteiger partial charge in [-0.2, -0.15) is 0 Å². The van der Waals surface area contributed by atoms with E-state index in [9.17, 15) is 13.2 Å². The maximum absolute atomic E-state index is 12.9. The molecule has 0 aromatic heterocycles. The van der Waals surface area contributed by atoms with E-state index in [4.69, 9.17) is 4.74 Å². The standard InChI is InChI=1S/C19H22N2O4S/c1-11-8-14(25-5)9-12(2)17(11)26(23,24)21-13-6-7-16-15(10-13)19(3,4)18(22)20-16/h6-10,21H,1-5H3,(H,20,22). The first-order valence-electron chi connectivity index (χ1n) is 8.20. The van der Waals surface area contributed by atoms with Crippen LogP contribution in [-0.4, -0.2) is 21.4 Å². The molecule has 0 atom stereocenters. The van der Waals surface area contributed by atoms with E-state index in [0.717, 1.165) is 5.56 Å². The second kappa shape index (κ2) is 6.02. The first kappa shape index (κ1) is 18.3. The number of ether oxygens (including phenoxy) is 1. The van der Waals surface area contributed by atoms with Gasteiger partial charge in [-0.3, -0.25) is 9.52 Å². The Balaban J connectivity index is 2.00. The summed E-state index contributed by atoms with van der Waals surface area (Å²) in [5.41, 5.74) is 2.40. The molecular weight excluding hydrogens is 352 g/mol. The van der Waals surface area contributed by atoms with Crippen LogP contribution in [0, 0.1) is 13.8 Å². The lowest BCUT2D eigenvalue weighted by Gasteiger charge is -2.17. The minimum absolute atomic E-state index is 0.102. The molecule has 2 aromatic carbocycles. The Morgan fingerprint density at radius 3 is 2.27 bits per heavy atom. The molecule has 3 rings (SSSR count). The van der Waals surface area contributed by atoms with Crippen molar-refractivity contribution in [2.45, 2.75) is 38.0 Å². The third-order valence-electron chi connectivity index (χ3n) is 4.70. The molecule has 0 fully saturated rings. The SMILES string of the molecule is COc1cc(C)c(S(=O)(=O)Nc2ccc3c(c2)C(C)(C)C(=O)N3)c(C)c1. The molecule has 7 heteroatoms. The van der Waals surface area contributed by atoms with E-state index in [1.165, 1.54) is 0 Å². The molecule has 0 aliphatic carbocycles. The van der Waals surface area contributed by atoms with Crippen molar-refractivity contribution in [1.82, 2.24) is 0 Å². The van der Waals surface area contributed by atoms with Crippen LogP contribution in [0.3, 0.4) is 0 Å². The molecule has 1 aliphatic rings. The fraction of sp³-hybridized carbons (Fsp3) is 0.316. The number of rotatable bonds is 4. The summed E-state index contributed by atoms with van der Waals surface area (Å²) in [6.07, 6.45) is 0. The number of sulfonamides is 1. The van der Waals surface area contributed by atoms with Crippen LogP contribution in [0.2, 0.25) is 0 Å². The van der Waals surface area contributed by atoms with Crippen molar-refractivity contribution in [1.29, 1.82) is 0 Å². The summed E-state index contributed by atoms with van der Waals surface area (Å²) in [6, 6.07) is 8.45. The third kappa shape index (κ3) is 2.92. The predicted octanol–water partition coefficient (Wildman–Crippen LogP) is 3.34. The van der Waals surface area contributed by atoms with Crippen LogP contribution in [0.15, 0.2) is 35.2 Å². The van der Waals surface area contributed by atoms with Crippen molar-refractivity contribution >= 4 is 27.3 Å². The summed E-state index contributed by atoms with van der Waals surface area (Å²) >= 11 is 0. The van der Waals surface area contributed by atoms with Crippen molar-refractivity contribution in [3.63, 3.8) is 0 Å². The second-order valence-electron chi connectivity index (χ2n) is 7.04. The molecule has 0 saturated heterocycles. The highest BCUT2D eigenvalue weighted by Gasteiger charge is 2.38. The first-order chi connectivity index (χ1) is 12.1. The number of anilines is 2. The number of hydrogen-bond acceptors (Lipinski definition) is 4. The molecule has 6 nitrogen and oxygen atoms in total. The monoisotopic (exact) mass is 374 g/mol. The zero-order valence-corrected chi connectivity index (χ0v) is 16.2. The van der Waals surface area contributed by atoms with E-state index in [1.807, 2.05) is 13.8 Å². The Kier molecular flexibility index (Phi) is 4.23. The molecule has 26 heavy (non-hydrogen) atoms. The summed E-state index contributed by atoms with van der Waals surface area (Å²) in [5, 5.41) is 2.81. The molecule has 1 amide bonds. The average molecular weight is 374 g/mol. The summed E-state index contributed by atoms with van der Waals surface area (Å²) in [5.74, 6) is 0.511. The summed E-state index contributed by atoms with van der Waals surface area (Å²) in [4.78, 5) is 12.3. The van der Waals surface area contributed by atoms with Gasteiger partial charge in [0.1, 0.15) is 5.75 Å². The number of carbonyl (C=O) groups is 1. The smallest absolute Gasteiger partial charge is 0.262 e. The number of benzene rings is 2. The molecule has 0 radical (unpaired) electrons. The molecule has 1 aliphatic heterocycles. The van der Waals surface area contributed by atoms with Crippen LogP contribution in [0.1, 0.15) is 30.5 Å². The van der Waals surface area contributed by atoms with Crippen LogP contribution in [0.5, 0.6) is 5.75 Å². The second-order valence-corrected chi connectivity index (χ2v) is 8.65. The first-order valence-corrected chi connectivity index (χ1v) is 9.68. The highest BCUT2D eigenvalue weighted by atomic mass is 32.2. The molecule has 138 valence electrons. The van der Waals surface area contributed by atoms with Crippen LogP contribution in [-0.2, 0) is 20.2 Å². The van der Waals surface area contributed by atoms with Gasteiger partial charge in [-0.1, -0.05) is 0 Å². The van der Waals surface area contributed by atoms with Crippen LogP contribution in [0.4, 0.5) is 11.4 Å². The highest BCUT2D eigenvalue weighted by Crippen LogP contribution is 2.39. The highest BCUT2D eigenvalue weighted by molar-refractivity contribution is 7.92. The van der Waals surface area contributed by atoms with Gasteiger partial charge in [0, 0.05) is 11.4 Å². The van der Waals surface area contributed by atoms with Gasteiger partial charge >= 0.3 is 0 Å². The summed E-state index contributed by atoms with van der Waals surface area (Å²) < 4.78 is 33.7. The number of nitrogens with one attached hydrogen (secondary N) is 2. The lowest BCUT2D eigenvalue weighted by atomic mass is 9.86. The molecular formula is C19H22N2O4S. The van der Waals surface area contributed by atoms with Gasteiger partial charge in [0.05, 0.1) is 17.4 Å². The molecule has 2 aromatic rings. The number of amides is 1. The summed E-state index contributed by atoms with van der Waals surface area (Å²) in [7, 11) is -2.23. The fourth-order valence-electron chi connectivity index (χ4n) is 3.29. The molecule has 2 N–H and O–H groups in total. The van der Waals surface area contributed by atoms with Crippen molar-refractivity contribution in [3.05, 3.63) is 47.0 Å². The number of carbonyl (C=O) groups excluding carboxylic acids is 1. The van der Waals surface area contributed by atoms with Gasteiger partial charge in [0.15, 0.2) is 0 Å². The Labute approximate surface area is 153 Å². The zero-order valence-electron chi connectivity index (χ0n) is 15.4. The number of fused-ring (bicyclic) bond motifs is 1. The van der Waals surface area contributed by atoms with E-state index in [0.29, 0.717) is 28.3 Å². The van der Waals surface area contributed by atoms with E-state index in [1.54, 1.807) is 51.3 Å². The zero-order chi connectivity index (χ0) is 19.3. The van der Waals surface area contributed by atoms with E-state index in [2.05, 4.69) is 10.0 Å². The molecule has 0 unspecified atom stereocenters. The van der Waals surface area contributed by atoms with Gasteiger partial charge in [-0.15, -0.1) is 0 Å². The predicted molar refractivity (Wildman–Crippen MR) is 101 cm³/mol. The normalized spacial score (nSPS) is 15.3. The van der Waals surface area contributed by atoms with Crippen molar-refractivity contribution < 1.29 is 17.9 Å². The van der Waals surface area contributed by atoms with Gasteiger partial charge in [0.25, 0.3) is 10.0 Å². The largest absolute Gasteiger partial charge is 0.497 e. The molecule has 1 heterocycles. The van der Waals surface area contributed by atoms with Crippen LogP contribution < -0.4 is 14.8 Å². The molecule has 0 bridgehead atoms. The van der Waals surface area contributed by atoms with Crippen molar-refractivity contribution in [3.8, 4) is 5.75 Å². The minimum atomic E-state index is -3.78. The topological polar surface area (TPSA) is 84.5 Å². The van der Waals surface area contributed by atoms with Crippen LogP contribution in [0.25, 0.3) is 0 Å². The maximum atomic E-state index is 12.9. The molecule has 0 saturated carbocycles. The van der Waals surface area contributed by atoms with E-state index < -0.39 is 15.4 Å². The Bertz CT molecular complexity index is 987. The third-order valence-corrected chi connectivity index (χ3v) is 6.39. The quantitative estimate of drug-likeness (QED) is 0.860. The van der Waals surface area contributed by atoms with Crippen LogP contribution >= 0.6 is 0 Å². The summed E-state index contributed by atoms with van der Waals surface area (Å²) in [6.45, 7) is 7.09. The van der Waals surface area contributed by atoms with E-state index in [-0.39, 0.29) is 10.8 Å². The number of hydrogen-bond donors (Lipinski definition) is 2. The number of aryl methyl sites for hydroxylation is 2. The van der Waals surface area contributed by atoms with Gasteiger partial charge in [-0.25, -0.2) is 8.42 Å². The Hall–Kier alpha value is -2.54.